The van der Waals surface area contributed by atoms with E-state index in [-0.39, 0.29) is 12.5 Å². The zero-order valence-electron chi connectivity index (χ0n) is 14.6. The van der Waals surface area contributed by atoms with Crippen LogP contribution >= 0.6 is 0 Å². The van der Waals surface area contributed by atoms with Crippen LogP contribution in [0.25, 0.3) is 0 Å². The van der Waals surface area contributed by atoms with Crippen molar-refractivity contribution in [1.82, 2.24) is 15.5 Å². The Morgan fingerprint density at radius 1 is 1.05 bits per heavy atom. The molecule has 0 bridgehead atoms. The summed E-state index contributed by atoms with van der Waals surface area (Å²) < 4.78 is 0. The molecule has 5 nitrogen and oxygen atoms in total. The van der Waals surface area contributed by atoms with Gasteiger partial charge < -0.3 is 15.5 Å². The van der Waals surface area contributed by atoms with Crippen LogP contribution in [0.15, 0.2) is 4.99 Å². The summed E-state index contributed by atoms with van der Waals surface area (Å²) in [5.74, 6) is 2.52. The first-order valence-corrected chi connectivity index (χ1v) is 8.73. The van der Waals surface area contributed by atoms with Gasteiger partial charge in [0.1, 0.15) is 6.54 Å². The number of carbonyl (C=O) groups excluding carboxylic acids is 1. The molecular formula is C17H32N4O. The Morgan fingerprint density at radius 2 is 1.55 bits per heavy atom. The van der Waals surface area contributed by atoms with Gasteiger partial charge in [-0.3, -0.25) is 4.79 Å². The second-order valence-corrected chi connectivity index (χ2v) is 7.37. The lowest BCUT2D eigenvalue weighted by molar-refractivity contribution is -0.127. The minimum Gasteiger partial charge on any atom is -0.354 e. The molecule has 2 saturated carbocycles. The van der Waals surface area contributed by atoms with Crippen LogP contribution in [0, 0.1) is 11.8 Å². The Bertz CT molecular complexity index is 393. The molecule has 0 spiro atoms. The highest BCUT2D eigenvalue weighted by Gasteiger charge is 2.26. The van der Waals surface area contributed by atoms with E-state index in [1.807, 2.05) is 0 Å². The van der Waals surface area contributed by atoms with Crippen molar-refractivity contribution in [3.05, 3.63) is 0 Å². The first kappa shape index (κ1) is 17.1. The first-order chi connectivity index (χ1) is 10.5. The third-order valence-corrected chi connectivity index (χ3v) is 4.84. The Kier molecular flexibility index (Phi) is 6.09. The molecule has 5 heteroatoms. The molecule has 0 aromatic rings. The molecule has 0 aliphatic heterocycles. The third kappa shape index (κ3) is 5.50. The molecule has 2 N–H and O–H groups in total. The fourth-order valence-corrected chi connectivity index (χ4v) is 2.97. The van der Waals surface area contributed by atoms with Gasteiger partial charge in [0.2, 0.25) is 5.91 Å². The zero-order chi connectivity index (χ0) is 16.1. The first-order valence-electron chi connectivity index (χ1n) is 8.73. The van der Waals surface area contributed by atoms with Gasteiger partial charge in [0.25, 0.3) is 0 Å². The summed E-state index contributed by atoms with van der Waals surface area (Å²) in [5, 5.41) is 6.98. The largest absolute Gasteiger partial charge is 0.354 e. The van der Waals surface area contributed by atoms with E-state index < -0.39 is 0 Å². The standard InChI is InChI=1S/C17H32N4O/c1-12(2)13-5-7-14(8-6-13)19-17(20-15-9-10-15)18-11-16(22)21(3)4/h12-15H,5-11H2,1-4H3,(H2,18,19,20). The van der Waals surface area contributed by atoms with Gasteiger partial charge in [0.05, 0.1) is 0 Å². The quantitative estimate of drug-likeness (QED) is 0.603. The predicted octanol–water partition coefficient (Wildman–Crippen LogP) is 1.99. The van der Waals surface area contributed by atoms with Crippen molar-refractivity contribution in [2.24, 2.45) is 16.8 Å². The highest BCUT2D eigenvalue weighted by atomic mass is 16.2. The number of hydrogen-bond acceptors (Lipinski definition) is 2. The van der Waals surface area contributed by atoms with Crippen LogP contribution in [0.4, 0.5) is 0 Å². The van der Waals surface area contributed by atoms with Gasteiger partial charge in [0.15, 0.2) is 5.96 Å². The summed E-state index contributed by atoms with van der Waals surface area (Å²) in [4.78, 5) is 17.8. The summed E-state index contributed by atoms with van der Waals surface area (Å²) in [6.45, 7) is 4.87. The van der Waals surface area contributed by atoms with E-state index in [0.29, 0.717) is 12.1 Å². The van der Waals surface area contributed by atoms with Crippen molar-refractivity contribution in [2.45, 2.75) is 64.5 Å². The second-order valence-electron chi connectivity index (χ2n) is 7.37. The fraction of sp³-hybridized carbons (Fsp3) is 0.882. The average molecular weight is 308 g/mol. The van der Waals surface area contributed by atoms with E-state index >= 15 is 0 Å². The molecule has 126 valence electrons. The van der Waals surface area contributed by atoms with Gasteiger partial charge in [-0.25, -0.2) is 4.99 Å². The topological polar surface area (TPSA) is 56.7 Å². The van der Waals surface area contributed by atoms with Crippen molar-refractivity contribution in [3.8, 4) is 0 Å². The van der Waals surface area contributed by atoms with Crippen LogP contribution in [0.3, 0.4) is 0 Å². The number of carbonyl (C=O) groups is 1. The molecular weight excluding hydrogens is 276 g/mol. The van der Waals surface area contributed by atoms with Crippen molar-refractivity contribution < 1.29 is 4.79 Å². The average Bonchev–Trinajstić information content (AvgIpc) is 3.28. The normalized spacial score (nSPS) is 26.0. The third-order valence-electron chi connectivity index (χ3n) is 4.84. The van der Waals surface area contributed by atoms with Gasteiger partial charge in [-0.2, -0.15) is 0 Å². The number of nitrogens with one attached hydrogen (secondary N) is 2. The summed E-state index contributed by atoms with van der Waals surface area (Å²) in [5.41, 5.74) is 0. The van der Waals surface area contributed by atoms with Crippen LogP contribution in [-0.2, 0) is 4.79 Å². The van der Waals surface area contributed by atoms with Gasteiger partial charge >= 0.3 is 0 Å². The molecule has 2 aliphatic rings. The predicted molar refractivity (Wildman–Crippen MR) is 90.9 cm³/mol. The van der Waals surface area contributed by atoms with Crippen molar-refractivity contribution >= 4 is 11.9 Å². The Morgan fingerprint density at radius 3 is 1.95 bits per heavy atom. The van der Waals surface area contributed by atoms with Gasteiger partial charge in [-0.05, 0) is 50.4 Å². The molecule has 0 unspecified atom stereocenters. The number of aliphatic imine (C=N–C) groups is 1. The lowest BCUT2D eigenvalue weighted by atomic mass is 9.80. The van der Waals surface area contributed by atoms with E-state index in [2.05, 4.69) is 29.5 Å². The van der Waals surface area contributed by atoms with Crippen molar-refractivity contribution in [1.29, 1.82) is 0 Å². The van der Waals surface area contributed by atoms with Crippen LogP contribution in [0.1, 0.15) is 52.4 Å². The van der Waals surface area contributed by atoms with E-state index in [1.165, 1.54) is 38.5 Å². The number of rotatable bonds is 5. The molecule has 0 heterocycles. The van der Waals surface area contributed by atoms with Crippen LogP contribution in [0.2, 0.25) is 0 Å². The van der Waals surface area contributed by atoms with E-state index in [1.54, 1.807) is 19.0 Å². The maximum atomic E-state index is 11.7. The Labute approximate surface area is 134 Å². The van der Waals surface area contributed by atoms with E-state index in [9.17, 15) is 4.79 Å². The maximum absolute atomic E-state index is 11.7. The number of nitrogens with zero attached hydrogens (tertiary/aromatic N) is 2. The van der Waals surface area contributed by atoms with Crippen molar-refractivity contribution in [2.75, 3.05) is 20.6 Å². The number of amides is 1. The molecule has 0 aromatic heterocycles. The van der Waals surface area contributed by atoms with Crippen LogP contribution < -0.4 is 10.6 Å². The Hall–Kier alpha value is -1.26. The van der Waals surface area contributed by atoms with Gasteiger partial charge in [-0.1, -0.05) is 13.8 Å². The summed E-state index contributed by atoms with van der Waals surface area (Å²) in [7, 11) is 3.54. The number of guanidine groups is 1. The molecule has 0 saturated heterocycles. The molecule has 1 amide bonds. The molecule has 0 radical (unpaired) electrons. The lowest BCUT2D eigenvalue weighted by Crippen LogP contribution is -2.46. The monoisotopic (exact) mass is 308 g/mol. The second kappa shape index (κ2) is 7.84. The van der Waals surface area contributed by atoms with Gasteiger partial charge in [0, 0.05) is 26.2 Å². The highest BCUT2D eigenvalue weighted by Crippen LogP contribution is 2.29. The summed E-state index contributed by atoms with van der Waals surface area (Å²) in [6, 6.07) is 1.04. The molecule has 0 atom stereocenters. The molecule has 22 heavy (non-hydrogen) atoms. The molecule has 0 aromatic carbocycles. The number of hydrogen-bond donors (Lipinski definition) is 2. The summed E-state index contributed by atoms with van der Waals surface area (Å²) in [6.07, 6.45) is 7.42. The van der Waals surface area contributed by atoms with Crippen LogP contribution in [-0.4, -0.2) is 49.5 Å². The lowest BCUT2D eigenvalue weighted by Gasteiger charge is -2.32. The fourth-order valence-electron chi connectivity index (χ4n) is 2.97. The van der Waals surface area contributed by atoms with E-state index in [0.717, 1.165) is 17.8 Å². The van der Waals surface area contributed by atoms with E-state index in [4.69, 9.17) is 0 Å². The van der Waals surface area contributed by atoms with Crippen LogP contribution in [0.5, 0.6) is 0 Å². The minimum absolute atomic E-state index is 0.0420. The smallest absolute Gasteiger partial charge is 0.243 e. The molecule has 2 rings (SSSR count). The minimum atomic E-state index is 0.0420. The molecule has 2 aliphatic carbocycles. The van der Waals surface area contributed by atoms with Crippen molar-refractivity contribution in [3.63, 3.8) is 0 Å². The highest BCUT2D eigenvalue weighted by molar-refractivity contribution is 5.85. The zero-order valence-corrected chi connectivity index (χ0v) is 14.6. The van der Waals surface area contributed by atoms with Gasteiger partial charge in [-0.15, -0.1) is 0 Å². The SMILES string of the molecule is CC(C)C1CCC(NC(=NCC(=O)N(C)C)NC2CC2)CC1. The Balaban J connectivity index is 1.84. The summed E-state index contributed by atoms with van der Waals surface area (Å²) >= 11 is 0. The molecule has 2 fully saturated rings. The number of likely N-dealkylation sites (N-methyl/N-ethyl adjacent to an activating group) is 1. The maximum Gasteiger partial charge on any atom is 0.243 e.